The number of carbonyl (C=O) groups excluding carboxylic acids is 1. The highest BCUT2D eigenvalue weighted by atomic mass is 19.1. The molecular weight excluding hydrogens is 347 g/mol. The predicted octanol–water partition coefficient (Wildman–Crippen LogP) is 3.89. The summed E-state index contributed by atoms with van der Waals surface area (Å²) in [4.78, 5) is 14.1. The zero-order valence-electron chi connectivity index (χ0n) is 15.7. The second kappa shape index (κ2) is 8.22. The highest BCUT2D eigenvalue weighted by Crippen LogP contribution is 2.23. The quantitative estimate of drug-likeness (QED) is 0.686. The van der Waals surface area contributed by atoms with Crippen molar-refractivity contribution in [2.45, 2.75) is 19.5 Å². The van der Waals surface area contributed by atoms with Crippen molar-refractivity contribution in [3.8, 4) is 5.75 Å². The molecule has 1 heterocycles. The Morgan fingerprint density at radius 1 is 1.26 bits per heavy atom. The van der Waals surface area contributed by atoms with E-state index in [0.29, 0.717) is 12.3 Å². The molecule has 142 valence electrons. The number of hydrogen-bond acceptors (Lipinski definition) is 4. The lowest BCUT2D eigenvalue weighted by Crippen LogP contribution is -2.36. The summed E-state index contributed by atoms with van der Waals surface area (Å²) in [5, 5.41) is 3.94. The van der Waals surface area contributed by atoms with E-state index >= 15 is 0 Å². The van der Waals surface area contributed by atoms with Gasteiger partial charge in [-0.2, -0.15) is 0 Å². The van der Waals surface area contributed by atoms with Gasteiger partial charge in [0.25, 0.3) is 0 Å². The molecule has 1 aromatic heterocycles. The lowest BCUT2D eigenvalue weighted by atomic mass is 10.2. The van der Waals surface area contributed by atoms with Crippen LogP contribution in [0.2, 0.25) is 0 Å². The van der Waals surface area contributed by atoms with Crippen LogP contribution in [0.5, 0.6) is 5.75 Å². The number of fused-ring (bicyclic) bond motifs is 1. The van der Waals surface area contributed by atoms with Gasteiger partial charge in [0.15, 0.2) is 11.6 Å². The summed E-state index contributed by atoms with van der Waals surface area (Å²) in [6, 6.07) is 14.2. The number of para-hydroxylation sites is 1. The maximum atomic E-state index is 13.8. The zero-order valence-corrected chi connectivity index (χ0v) is 15.7. The van der Waals surface area contributed by atoms with E-state index in [1.807, 2.05) is 49.2 Å². The van der Waals surface area contributed by atoms with Gasteiger partial charge in [-0.15, -0.1) is 0 Å². The Bertz CT molecular complexity index is 905. The van der Waals surface area contributed by atoms with Crippen LogP contribution in [-0.2, 0) is 11.3 Å². The minimum atomic E-state index is -0.411. The van der Waals surface area contributed by atoms with Gasteiger partial charge in [0.1, 0.15) is 11.3 Å². The zero-order chi connectivity index (χ0) is 19.4. The standard InChI is InChI=1S/C21H23FN2O3/c1-14(20-11-16-6-4-5-7-18(16)27-20)23-21(25)13-24(2)12-15-8-9-19(26-3)17(22)10-15/h4-11,14H,12-13H2,1-3H3,(H,23,25)/t14-/m0/s1. The highest BCUT2D eigenvalue weighted by molar-refractivity contribution is 5.80. The fourth-order valence-electron chi connectivity index (χ4n) is 3.00. The smallest absolute Gasteiger partial charge is 0.234 e. The largest absolute Gasteiger partial charge is 0.494 e. The minimum absolute atomic E-state index is 0.126. The molecule has 0 saturated carbocycles. The molecule has 1 N–H and O–H groups in total. The van der Waals surface area contributed by atoms with Crippen molar-refractivity contribution in [2.75, 3.05) is 20.7 Å². The second-order valence-electron chi connectivity index (χ2n) is 6.62. The Morgan fingerprint density at radius 3 is 2.74 bits per heavy atom. The number of furan rings is 1. The van der Waals surface area contributed by atoms with Crippen molar-refractivity contribution in [3.05, 3.63) is 65.7 Å². The number of nitrogens with one attached hydrogen (secondary N) is 1. The molecule has 0 aliphatic heterocycles. The van der Waals surface area contributed by atoms with Crippen molar-refractivity contribution < 1.29 is 18.3 Å². The first-order valence-corrected chi connectivity index (χ1v) is 8.75. The Hall–Kier alpha value is -2.86. The van der Waals surface area contributed by atoms with Crippen LogP contribution in [0.4, 0.5) is 4.39 Å². The third-order valence-electron chi connectivity index (χ3n) is 4.33. The molecule has 0 saturated heterocycles. The van der Waals surface area contributed by atoms with E-state index in [4.69, 9.17) is 9.15 Å². The summed E-state index contributed by atoms with van der Waals surface area (Å²) in [5.74, 6) is 0.383. The Labute approximate surface area is 157 Å². The SMILES string of the molecule is COc1ccc(CN(C)CC(=O)N[C@@H](C)c2cc3ccccc3o2)cc1F. The third-order valence-corrected chi connectivity index (χ3v) is 4.33. The van der Waals surface area contributed by atoms with Crippen LogP contribution >= 0.6 is 0 Å². The first-order valence-electron chi connectivity index (χ1n) is 8.75. The molecule has 0 bridgehead atoms. The minimum Gasteiger partial charge on any atom is -0.494 e. The van der Waals surface area contributed by atoms with Crippen molar-refractivity contribution in [2.24, 2.45) is 0 Å². The third kappa shape index (κ3) is 4.65. The van der Waals surface area contributed by atoms with Gasteiger partial charge in [-0.05, 0) is 43.8 Å². The number of halogens is 1. The van der Waals surface area contributed by atoms with E-state index in [1.165, 1.54) is 13.2 Å². The van der Waals surface area contributed by atoms with E-state index in [-0.39, 0.29) is 24.2 Å². The second-order valence-corrected chi connectivity index (χ2v) is 6.62. The monoisotopic (exact) mass is 370 g/mol. The van der Waals surface area contributed by atoms with Crippen LogP contribution in [0.1, 0.15) is 24.3 Å². The van der Waals surface area contributed by atoms with Crippen LogP contribution in [0.15, 0.2) is 52.9 Å². The number of benzene rings is 2. The Balaban J connectivity index is 1.55. The first kappa shape index (κ1) is 18.9. The van der Waals surface area contributed by atoms with Gasteiger partial charge in [0.2, 0.25) is 5.91 Å². The van der Waals surface area contributed by atoms with Gasteiger partial charge in [-0.25, -0.2) is 4.39 Å². The van der Waals surface area contributed by atoms with Gasteiger partial charge in [-0.3, -0.25) is 9.69 Å². The Kier molecular flexibility index (Phi) is 5.76. The number of hydrogen-bond donors (Lipinski definition) is 1. The summed E-state index contributed by atoms with van der Waals surface area (Å²) in [5.41, 5.74) is 1.57. The molecule has 0 fully saturated rings. The molecule has 0 unspecified atom stereocenters. The van der Waals surface area contributed by atoms with Crippen LogP contribution in [0.25, 0.3) is 11.0 Å². The number of carbonyl (C=O) groups is 1. The lowest BCUT2D eigenvalue weighted by Gasteiger charge is -2.18. The molecule has 1 atom stereocenters. The normalized spacial score (nSPS) is 12.3. The predicted molar refractivity (Wildman–Crippen MR) is 102 cm³/mol. The van der Waals surface area contributed by atoms with E-state index < -0.39 is 5.82 Å². The summed E-state index contributed by atoms with van der Waals surface area (Å²) < 4.78 is 24.5. The van der Waals surface area contributed by atoms with Crippen LogP contribution in [0, 0.1) is 5.82 Å². The summed E-state index contributed by atoms with van der Waals surface area (Å²) in [6.45, 7) is 2.53. The van der Waals surface area contributed by atoms with E-state index in [0.717, 1.165) is 16.5 Å². The topological polar surface area (TPSA) is 54.7 Å². The first-order chi connectivity index (χ1) is 13.0. The van der Waals surface area contributed by atoms with Crippen LogP contribution < -0.4 is 10.1 Å². The lowest BCUT2D eigenvalue weighted by molar-refractivity contribution is -0.122. The number of rotatable bonds is 7. The maximum Gasteiger partial charge on any atom is 0.234 e. The maximum absolute atomic E-state index is 13.8. The van der Waals surface area contributed by atoms with Crippen LogP contribution in [0.3, 0.4) is 0 Å². The van der Waals surface area contributed by atoms with E-state index in [2.05, 4.69) is 5.32 Å². The number of likely N-dealkylation sites (N-methyl/N-ethyl adjacent to an activating group) is 1. The molecule has 0 aliphatic carbocycles. The number of nitrogens with zero attached hydrogens (tertiary/aromatic N) is 1. The molecule has 3 rings (SSSR count). The molecule has 27 heavy (non-hydrogen) atoms. The fourth-order valence-corrected chi connectivity index (χ4v) is 3.00. The van der Waals surface area contributed by atoms with Gasteiger partial charge < -0.3 is 14.5 Å². The summed E-state index contributed by atoms with van der Waals surface area (Å²) in [6.07, 6.45) is 0. The summed E-state index contributed by atoms with van der Waals surface area (Å²) >= 11 is 0. The molecule has 1 amide bonds. The number of ether oxygens (including phenoxy) is 1. The molecule has 0 radical (unpaired) electrons. The fraction of sp³-hybridized carbons (Fsp3) is 0.286. The van der Waals surface area contributed by atoms with Gasteiger partial charge in [-0.1, -0.05) is 24.3 Å². The average molecular weight is 370 g/mol. The average Bonchev–Trinajstić information content (AvgIpc) is 3.06. The van der Waals surface area contributed by atoms with Gasteiger partial charge in [0, 0.05) is 11.9 Å². The molecule has 6 heteroatoms. The molecule has 5 nitrogen and oxygen atoms in total. The van der Waals surface area contributed by atoms with E-state index in [9.17, 15) is 9.18 Å². The molecule has 2 aromatic carbocycles. The molecule has 3 aromatic rings. The van der Waals surface area contributed by atoms with Crippen molar-refractivity contribution in [1.82, 2.24) is 10.2 Å². The molecule has 0 aliphatic rings. The molecular formula is C21H23FN2O3. The van der Waals surface area contributed by atoms with Crippen molar-refractivity contribution >= 4 is 16.9 Å². The Morgan fingerprint density at radius 2 is 2.04 bits per heavy atom. The van der Waals surface area contributed by atoms with Crippen molar-refractivity contribution in [1.29, 1.82) is 0 Å². The molecule has 0 spiro atoms. The van der Waals surface area contributed by atoms with Gasteiger partial charge >= 0.3 is 0 Å². The number of amides is 1. The number of methoxy groups -OCH3 is 1. The van der Waals surface area contributed by atoms with Gasteiger partial charge in [0.05, 0.1) is 19.7 Å². The highest BCUT2D eigenvalue weighted by Gasteiger charge is 2.15. The van der Waals surface area contributed by atoms with Crippen LogP contribution in [-0.4, -0.2) is 31.5 Å². The van der Waals surface area contributed by atoms with Crippen molar-refractivity contribution in [3.63, 3.8) is 0 Å². The van der Waals surface area contributed by atoms with E-state index in [1.54, 1.807) is 12.1 Å². The summed E-state index contributed by atoms with van der Waals surface area (Å²) in [7, 11) is 3.24.